The van der Waals surface area contributed by atoms with Crippen LogP contribution >= 0.6 is 0 Å². The van der Waals surface area contributed by atoms with Crippen molar-refractivity contribution in [2.75, 3.05) is 6.54 Å². The molecule has 0 amide bonds. The van der Waals surface area contributed by atoms with Crippen LogP contribution in [0.4, 0.5) is 0 Å². The van der Waals surface area contributed by atoms with Crippen LogP contribution in [-0.2, 0) is 0 Å². The molecule has 1 N–H and O–H groups in total. The van der Waals surface area contributed by atoms with Gasteiger partial charge in [-0.2, -0.15) is 0 Å². The molecule has 0 aliphatic carbocycles. The van der Waals surface area contributed by atoms with Crippen molar-refractivity contribution in [1.82, 2.24) is 10.3 Å². The molecule has 1 atom stereocenters. The summed E-state index contributed by atoms with van der Waals surface area (Å²) in [6.45, 7) is 5.52. The average molecular weight is 242 g/mol. The Morgan fingerprint density at radius 2 is 1.94 bits per heavy atom. The van der Waals surface area contributed by atoms with Gasteiger partial charge < -0.3 is 5.32 Å². The van der Waals surface area contributed by atoms with Crippen LogP contribution in [0.15, 0.2) is 36.5 Å². The number of nitrogens with zero attached hydrogens (tertiary/aromatic N) is 1. The molecule has 1 heterocycles. The van der Waals surface area contributed by atoms with Crippen molar-refractivity contribution in [3.05, 3.63) is 42.1 Å². The third kappa shape index (κ3) is 2.88. The molecule has 2 rings (SSSR count). The highest BCUT2D eigenvalue weighted by atomic mass is 14.9. The first-order chi connectivity index (χ1) is 8.86. The Hall–Kier alpha value is -1.41. The summed E-state index contributed by atoms with van der Waals surface area (Å²) in [5, 5.41) is 4.93. The molecule has 2 aromatic rings. The maximum Gasteiger partial charge on any atom is 0.0705 e. The summed E-state index contributed by atoms with van der Waals surface area (Å²) in [4.78, 5) is 4.44. The van der Waals surface area contributed by atoms with E-state index < -0.39 is 0 Å². The van der Waals surface area contributed by atoms with Crippen LogP contribution in [0.25, 0.3) is 10.9 Å². The minimum Gasteiger partial charge on any atom is -0.310 e. The molecule has 2 heteroatoms. The normalized spacial score (nSPS) is 12.8. The lowest BCUT2D eigenvalue weighted by Crippen LogP contribution is -2.22. The quantitative estimate of drug-likeness (QED) is 0.825. The van der Waals surface area contributed by atoms with Crippen LogP contribution in [-0.4, -0.2) is 11.5 Å². The van der Waals surface area contributed by atoms with E-state index in [4.69, 9.17) is 0 Å². The highest BCUT2D eigenvalue weighted by Crippen LogP contribution is 2.25. The van der Waals surface area contributed by atoms with E-state index in [0.29, 0.717) is 6.04 Å². The summed E-state index contributed by atoms with van der Waals surface area (Å²) in [6, 6.07) is 11.0. The smallest absolute Gasteiger partial charge is 0.0705 e. The molecule has 0 saturated heterocycles. The predicted octanol–water partition coefficient (Wildman–Crippen LogP) is 4.08. The second-order valence-corrected chi connectivity index (χ2v) is 4.71. The fourth-order valence-electron chi connectivity index (χ4n) is 2.40. The van der Waals surface area contributed by atoms with Gasteiger partial charge in [-0.1, -0.05) is 38.5 Å². The molecule has 1 aromatic carbocycles. The maximum absolute atomic E-state index is 4.44. The summed E-state index contributed by atoms with van der Waals surface area (Å²) < 4.78 is 0. The van der Waals surface area contributed by atoms with Crippen LogP contribution < -0.4 is 5.32 Å². The first kappa shape index (κ1) is 13.0. The predicted molar refractivity (Wildman–Crippen MR) is 77.7 cm³/mol. The van der Waals surface area contributed by atoms with Gasteiger partial charge in [-0.25, -0.2) is 0 Å². The molecule has 96 valence electrons. The van der Waals surface area contributed by atoms with Crippen molar-refractivity contribution in [2.24, 2.45) is 0 Å². The second-order valence-electron chi connectivity index (χ2n) is 4.71. The first-order valence-electron chi connectivity index (χ1n) is 6.93. The molecular weight excluding hydrogens is 220 g/mol. The Kier molecular flexibility index (Phi) is 4.71. The monoisotopic (exact) mass is 242 g/mol. The van der Waals surface area contributed by atoms with Crippen molar-refractivity contribution in [3.8, 4) is 0 Å². The second kappa shape index (κ2) is 6.50. The minimum atomic E-state index is 0.447. The van der Waals surface area contributed by atoms with E-state index in [-0.39, 0.29) is 0 Å². The number of pyridine rings is 1. The number of rotatable bonds is 6. The minimum absolute atomic E-state index is 0.447. The number of hydrogen-bond acceptors (Lipinski definition) is 2. The topological polar surface area (TPSA) is 24.9 Å². The van der Waals surface area contributed by atoms with Gasteiger partial charge in [0.1, 0.15) is 0 Å². The molecule has 0 aliphatic rings. The molecule has 0 spiro atoms. The van der Waals surface area contributed by atoms with Crippen LogP contribution in [0.2, 0.25) is 0 Å². The summed E-state index contributed by atoms with van der Waals surface area (Å²) in [5.74, 6) is 0. The van der Waals surface area contributed by atoms with E-state index in [1.54, 1.807) is 0 Å². The Morgan fingerprint density at radius 1 is 1.11 bits per heavy atom. The molecule has 0 saturated carbocycles. The first-order valence-corrected chi connectivity index (χ1v) is 6.93. The van der Waals surface area contributed by atoms with Gasteiger partial charge in [0.2, 0.25) is 0 Å². The third-order valence-corrected chi connectivity index (χ3v) is 3.28. The third-order valence-electron chi connectivity index (χ3n) is 3.28. The van der Waals surface area contributed by atoms with Gasteiger partial charge >= 0.3 is 0 Å². The van der Waals surface area contributed by atoms with Gasteiger partial charge in [-0.15, -0.1) is 0 Å². The fourth-order valence-corrected chi connectivity index (χ4v) is 2.40. The number of nitrogens with one attached hydrogen (secondary N) is 1. The van der Waals surface area contributed by atoms with Crippen LogP contribution in [0.5, 0.6) is 0 Å². The van der Waals surface area contributed by atoms with Gasteiger partial charge in [-0.3, -0.25) is 4.98 Å². The Morgan fingerprint density at radius 3 is 2.72 bits per heavy atom. The zero-order valence-corrected chi connectivity index (χ0v) is 11.3. The lowest BCUT2D eigenvalue weighted by molar-refractivity contribution is 0.496. The van der Waals surface area contributed by atoms with E-state index in [0.717, 1.165) is 12.1 Å². The van der Waals surface area contributed by atoms with E-state index >= 15 is 0 Å². The SMILES string of the molecule is CCCNC(CCC)c1ccnc2ccccc12. The number of aromatic nitrogens is 1. The molecule has 0 aliphatic heterocycles. The van der Waals surface area contributed by atoms with E-state index in [1.165, 1.54) is 30.2 Å². The van der Waals surface area contributed by atoms with E-state index in [1.807, 2.05) is 12.3 Å². The van der Waals surface area contributed by atoms with E-state index in [9.17, 15) is 0 Å². The zero-order valence-electron chi connectivity index (χ0n) is 11.3. The average Bonchev–Trinajstić information content (AvgIpc) is 2.43. The van der Waals surface area contributed by atoms with E-state index in [2.05, 4.69) is 48.4 Å². The number of benzene rings is 1. The van der Waals surface area contributed by atoms with Crippen LogP contribution in [0.1, 0.15) is 44.7 Å². The van der Waals surface area contributed by atoms with Gasteiger partial charge in [0.15, 0.2) is 0 Å². The fraction of sp³-hybridized carbons (Fsp3) is 0.438. The molecule has 18 heavy (non-hydrogen) atoms. The van der Waals surface area contributed by atoms with Crippen molar-refractivity contribution >= 4 is 10.9 Å². The zero-order chi connectivity index (χ0) is 12.8. The van der Waals surface area contributed by atoms with Crippen molar-refractivity contribution in [2.45, 2.75) is 39.2 Å². The number of hydrogen-bond donors (Lipinski definition) is 1. The standard InChI is InChI=1S/C16H22N2/c1-3-7-15(17-11-4-2)14-10-12-18-16-9-6-5-8-13(14)16/h5-6,8-10,12,15,17H,3-4,7,11H2,1-2H3. The Bertz CT molecular complexity index is 488. The molecular formula is C16H22N2. The molecule has 0 radical (unpaired) electrons. The Balaban J connectivity index is 2.36. The van der Waals surface area contributed by atoms with Gasteiger partial charge in [-0.05, 0) is 37.1 Å². The van der Waals surface area contributed by atoms with Gasteiger partial charge in [0.05, 0.1) is 5.52 Å². The van der Waals surface area contributed by atoms with Crippen molar-refractivity contribution in [3.63, 3.8) is 0 Å². The summed E-state index contributed by atoms with van der Waals surface area (Å²) >= 11 is 0. The van der Waals surface area contributed by atoms with Crippen molar-refractivity contribution in [1.29, 1.82) is 0 Å². The molecule has 1 aromatic heterocycles. The molecule has 2 nitrogen and oxygen atoms in total. The molecule has 0 fully saturated rings. The largest absolute Gasteiger partial charge is 0.310 e. The highest BCUT2D eigenvalue weighted by molar-refractivity contribution is 5.82. The molecule has 1 unspecified atom stereocenters. The lowest BCUT2D eigenvalue weighted by atomic mass is 9.98. The van der Waals surface area contributed by atoms with Gasteiger partial charge in [0.25, 0.3) is 0 Å². The summed E-state index contributed by atoms with van der Waals surface area (Å²) in [7, 11) is 0. The lowest BCUT2D eigenvalue weighted by Gasteiger charge is -2.19. The maximum atomic E-state index is 4.44. The highest BCUT2D eigenvalue weighted by Gasteiger charge is 2.12. The van der Waals surface area contributed by atoms with Gasteiger partial charge in [0, 0.05) is 17.6 Å². The molecule has 0 bridgehead atoms. The summed E-state index contributed by atoms with van der Waals surface area (Å²) in [5.41, 5.74) is 2.48. The summed E-state index contributed by atoms with van der Waals surface area (Å²) in [6.07, 6.45) is 5.46. The van der Waals surface area contributed by atoms with Crippen LogP contribution in [0, 0.1) is 0 Å². The van der Waals surface area contributed by atoms with Crippen molar-refractivity contribution < 1.29 is 0 Å². The number of fused-ring (bicyclic) bond motifs is 1. The van der Waals surface area contributed by atoms with Crippen LogP contribution in [0.3, 0.4) is 0 Å². The Labute approximate surface area is 109 Å². The number of para-hydroxylation sites is 1.